The fraction of sp³-hybridized carbons (Fsp3) is 0.154. The molecule has 3 N–H and O–H groups in total. The molecule has 0 bridgehead atoms. The standard InChI is InChI=1S/C13H12ClN3O3S/c1-20-12(19)7-2-3-9(14)10(4-7)17-11(18)5-8-6-21-13(15)16-8/h2-4,6H,5H2,1H3,(H2,15,16)(H,17,18). The molecule has 2 rings (SSSR count). The van der Waals surface area contributed by atoms with Crippen molar-refractivity contribution in [3.63, 3.8) is 0 Å². The third-order valence-electron chi connectivity index (χ3n) is 2.57. The molecule has 0 spiro atoms. The summed E-state index contributed by atoms with van der Waals surface area (Å²) < 4.78 is 4.62. The molecule has 0 fully saturated rings. The number of anilines is 2. The fourth-order valence-corrected chi connectivity index (χ4v) is 2.36. The molecular formula is C13H12ClN3O3S. The zero-order chi connectivity index (χ0) is 15.4. The topological polar surface area (TPSA) is 94.3 Å². The first kappa shape index (κ1) is 15.3. The number of nitrogens with zero attached hydrogens (tertiary/aromatic N) is 1. The summed E-state index contributed by atoms with van der Waals surface area (Å²) in [4.78, 5) is 27.4. The van der Waals surface area contributed by atoms with Gasteiger partial charge in [0, 0.05) is 5.38 Å². The number of aromatic nitrogens is 1. The van der Waals surface area contributed by atoms with Crippen LogP contribution in [0.2, 0.25) is 5.02 Å². The van der Waals surface area contributed by atoms with Crippen LogP contribution in [0.4, 0.5) is 10.8 Å². The van der Waals surface area contributed by atoms with Crippen LogP contribution in [0.5, 0.6) is 0 Å². The number of benzene rings is 1. The van der Waals surface area contributed by atoms with Crippen LogP contribution in [-0.2, 0) is 16.0 Å². The van der Waals surface area contributed by atoms with Crippen molar-refractivity contribution in [2.45, 2.75) is 6.42 Å². The summed E-state index contributed by atoms with van der Waals surface area (Å²) in [7, 11) is 1.28. The third-order valence-corrected chi connectivity index (χ3v) is 3.63. The van der Waals surface area contributed by atoms with Gasteiger partial charge in [-0.25, -0.2) is 9.78 Å². The van der Waals surface area contributed by atoms with Crippen LogP contribution in [0.15, 0.2) is 23.6 Å². The lowest BCUT2D eigenvalue weighted by Crippen LogP contribution is -2.15. The molecule has 0 saturated heterocycles. The van der Waals surface area contributed by atoms with Gasteiger partial charge >= 0.3 is 5.97 Å². The maximum atomic E-state index is 11.9. The predicted octanol–water partition coefficient (Wildman–Crippen LogP) is 2.35. The molecule has 110 valence electrons. The predicted molar refractivity (Wildman–Crippen MR) is 81.7 cm³/mol. The summed E-state index contributed by atoms with van der Waals surface area (Å²) >= 11 is 7.26. The maximum absolute atomic E-state index is 11.9. The Labute approximate surface area is 129 Å². The van der Waals surface area contributed by atoms with E-state index in [9.17, 15) is 9.59 Å². The summed E-state index contributed by atoms with van der Waals surface area (Å²) in [5.41, 5.74) is 6.72. The number of hydrogen-bond donors (Lipinski definition) is 2. The molecule has 2 aromatic rings. The molecule has 0 saturated carbocycles. The molecule has 6 nitrogen and oxygen atoms in total. The van der Waals surface area contributed by atoms with Gasteiger partial charge in [0.25, 0.3) is 0 Å². The minimum Gasteiger partial charge on any atom is -0.465 e. The van der Waals surface area contributed by atoms with Gasteiger partial charge in [0.15, 0.2) is 5.13 Å². The van der Waals surface area contributed by atoms with E-state index in [4.69, 9.17) is 17.3 Å². The summed E-state index contributed by atoms with van der Waals surface area (Å²) in [6, 6.07) is 4.50. The second kappa shape index (κ2) is 6.55. The summed E-state index contributed by atoms with van der Waals surface area (Å²) in [6.45, 7) is 0. The molecular weight excluding hydrogens is 314 g/mol. The lowest BCUT2D eigenvalue weighted by atomic mass is 10.2. The number of hydrogen-bond acceptors (Lipinski definition) is 6. The van der Waals surface area contributed by atoms with E-state index in [0.717, 1.165) is 0 Å². The van der Waals surface area contributed by atoms with E-state index in [1.54, 1.807) is 5.38 Å². The number of carbonyl (C=O) groups excluding carboxylic acids is 2. The third kappa shape index (κ3) is 3.93. The molecule has 1 heterocycles. The quantitative estimate of drug-likeness (QED) is 0.841. The van der Waals surface area contributed by atoms with Gasteiger partial charge < -0.3 is 15.8 Å². The van der Waals surface area contributed by atoms with E-state index in [0.29, 0.717) is 27.1 Å². The van der Waals surface area contributed by atoms with Gasteiger partial charge in [-0.15, -0.1) is 11.3 Å². The van der Waals surface area contributed by atoms with Gasteiger partial charge in [0.05, 0.1) is 35.5 Å². The minimum atomic E-state index is -0.505. The van der Waals surface area contributed by atoms with Crippen molar-refractivity contribution in [3.05, 3.63) is 39.9 Å². The molecule has 0 aliphatic carbocycles. The Morgan fingerprint density at radius 2 is 2.24 bits per heavy atom. The average molecular weight is 326 g/mol. The Hall–Kier alpha value is -2.12. The Kier molecular flexibility index (Phi) is 4.77. The van der Waals surface area contributed by atoms with Gasteiger partial charge in [-0.3, -0.25) is 4.79 Å². The van der Waals surface area contributed by atoms with Crippen molar-refractivity contribution in [1.82, 2.24) is 4.98 Å². The number of amides is 1. The van der Waals surface area contributed by atoms with E-state index >= 15 is 0 Å². The van der Waals surface area contributed by atoms with Crippen LogP contribution in [-0.4, -0.2) is 24.0 Å². The number of rotatable bonds is 4. The smallest absolute Gasteiger partial charge is 0.337 e. The van der Waals surface area contributed by atoms with Crippen molar-refractivity contribution in [1.29, 1.82) is 0 Å². The zero-order valence-corrected chi connectivity index (χ0v) is 12.6. The second-order valence-corrected chi connectivity index (χ2v) is 5.39. The minimum absolute atomic E-state index is 0.0759. The van der Waals surface area contributed by atoms with Crippen LogP contribution < -0.4 is 11.1 Å². The SMILES string of the molecule is COC(=O)c1ccc(Cl)c(NC(=O)Cc2csc(N)n2)c1. The monoisotopic (exact) mass is 325 g/mol. The van der Waals surface area contributed by atoms with Crippen LogP contribution in [0, 0.1) is 0 Å². The van der Waals surface area contributed by atoms with Crippen molar-refractivity contribution in [2.24, 2.45) is 0 Å². The van der Waals surface area contributed by atoms with Gasteiger partial charge in [0.1, 0.15) is 0 Å². The lowest BCUT2D eigenvalue weighted by molar-refractivity contribution is -0.115. The number of nitrogens with one attached hydrogen (secondary N) is 1. The highest BCUT2D eigenvalue weighted by molar-refractivity contribution is 7.13. The van der Waals surface area contributed by atoms with E-state index in [-0.39, 0.29) is 12.3 Å². The summed E-state index contributed by atoms with van der Waals surface area (Å²) in [5, 5.41) is 5.08. The van der Waals surface area contributed by atoms with E-state index in [1.807, 2.05) is 0 Å². The van der Waals surface area contributed by atoms with Crippen molar-refractivity contribution >= 4 is 45.6 Å². The summed E-state index contributed by atoms with van der Waals surface area (Å²) in [6.07, 6.45) is 0.0759. The van der Waals surface area contributed by atoms with E-state index < -0.39 is 5.97 Å². The van der Waals surface area contributed by atoms with Gasteiger partial charge in [-0.05, 0) is 18.2 Å². The second-order valence-electron chi connectivity index (χ2n) is 4.09. The molecule has 21 heavy (non-hydrogen) atoms. The highest BCUT2D eigenvalue weighted by atomic mass is 35.5. The van der Waals surface area contributed by atoms with Crippen molar-refractivity contribution in [2.75, 3.05) is 18.2 Å². The molecule has 1 amide bonds. The van der Waals surface area contributed by atoms with Crippen LogP contribution in [0.3, 0.4) is 0 Å². The summed E-state index contributed by atoms with van der Waals surface area (Å²) in [5.74, 6) is -0.807. The molecule has 0 aliphatic heterocycles. The Morgan fingerprint density at radius 3 is 2.86 bits per heavy atom. The fourth-order valence-electron chi connectivity index (χ4n) is 1.63. The highest BCUT2D eigenvalue weighted by Gasteiger charge is 2.12. The highest BCUT2D eigenvalue weighted by Crippen LogP contribution is 2.24. The Balaban J connectivity index is 2.11. The first-order valence-corrected chi connectivity index (χ1v) is 7.13. The number of halogens is 1. The van der Waals surface area contributed by atoms with Gasteiger partial charge in [-0.1, -0.05) is 11.6 Å². The normalized spacial score (nSPS) is 10.2. The van der Waals surface area contributed by atoms with Crippen LogP contribution in [0.1, 0.15) is 16.1 Å². The molecule has 8 heteroatoms. The van der Waals surface area contributed by atoms with Crippen LogP contribution in [0.25, 0.3) is 0 Å². The van der Waals surface area contributed by atoms with E-state index in [1.165, 1.54) is 36.6 Å². The first-order chi connectivity index (χ1) is 9.99. The number of thiazole rings is 1. The number of methoxy groups -OCH3 is 1. The molecule has 0 aliphatic rings. The molecule has 1 aromatic heterocycles. The average Bonchev–Trinajstić information content (AvgIpc) is 2.85. The van der Waals surface area contributed by atoms with E-state index in [2.05, 4.69) is 15.0 Å². The largest absolute Gasteiger partial charge is 0.465 e. The first-order valence-electron chi connectivity index (χ1n) is 5.87. The number of esters is 1. The number of ether oxygens (including phenoxy) is 1. The van der Waals surface area contributed by atoms with Crippen molar-refractivity contribution < 1.29 is 14.3 Å². The Bertz CT molecular complexity index is 687. The molecule has 1 aromatic carbocycles. The molecule has 0 radical (unpaired) electrons. The Morgan fingerprint density at radius 1 is 1.48 bits per heavy atom. The number of nitrogen functional groups attached to an aromatic ring is 1. The molecule has 0 atom stereocenters. The number of nitrogens with two attached hydrogens (primary N) is 1. The number of carbonyl (C=O) groups is 2. The maximum Gasteiger partial charge on any atom is 0.337 e. The van der Waals surface area contributed by atoms with Crippen LogP contribution >= 0.6 is 22.9 Å². The zero-order valence-electron chi connectivity index (χ0n) is 11.1. The van der Waals surface area contributed by atoms with Gasteiger partial charge in [0.2, 0.25) is 5.91 Å². The van der Waals surface area contributed by atoms with Gasteiger partial charge in [-0.2, -0.15) is 0 Å². The van der Waals surface area contributed by atoms with Crippen molar-refractivity contribution in [3.8, 4) is 0 Å². The molecule has 0 unspecified atom stereocenters. The lowest BCUT2D eigenvalue weighted by Gasteiger charge is -2.08.